The van der Waals surface area contributed by atoms with Crippen molar-refractivity contribution in [3.63, 3.8) is 0 Å². The van der Waals surface area contributed by atoms with E-state index < -0.39 is 0 Å². The maximum absolute atomic E-state index is 9.76. The maximum Gasteiger partial charge on any atom is 0.0555 e. The molecule has 4 unspecified atom stereocenters. The average molecular weight is 211 g/mol. The molecule has 2 heteroatoms. The molecule has 1 saturated carbocycles. The zero-order valence-electron chi connectivity index (χ0n) is 10.2. The predicted molar refractivity (Wildman–Crippen MR) is 62.9 cm³/mol. The molecular formula is C13H25NO. The first-order chi connectivity index (χ1) is 7.22. The number of hydrogen-bond acceptors (Lipinski definition) is 2. The normalized spacial score (nSPS) is 43.4. The van der Waals surface area contributed by atoms with Gasteiger partial charge in [0.1, 0.15) is 0 Å². The highest BCUT2D eigenvalue weighted by atomic mass is 16.3. The van der Waals surface area contributed by atoms with Crippen LogP contribution in [0.3, 0.4) is 0 Å². The number of likely N-dealkylation sites (tertiary alicyclic amines) is 1. The van der Waals surface area contributed by atoms with Gasteiger partial charge in [-0.1, -0.05) is 6.92 Å². The summed E-state index contributed by atoms with van der Waals surface area (Å²) in [6.07, 6.45) is 8.51. The van der Waals surface area contributed by atoms with Gasteiger partial charge in [-0.25, -0.2) is 0 Å². The second-order valence-electron chi connectivity index (χ2n) is 5.41. The number of hydrogen-bond donors (Lipinski definition) is 1. The molecule has 0 aromatic rings. The van der Waals surface area contributed by atoms with Crippen molar-refractivity contribution < 1.29 is 5.11 Å². The van der Waals surface area contributed by atoms with Crippen molar-refractivity contribution in [1.29, 1.82) is 0 Å². The molecule has 0 bridgehead atoms. The van der Waals surface area contributed by atoms with Crippen molar-refractivity contribution in [2.75, 3.05) is 0 Å². The van der Waals surface area contributed by atoms with E-state index in [1.807, 2.05) is 0 Å². The number of aliphatic hydroxyl groups excluding tert-OH is 1. The predicted octanol–water partition coefficient (Wildman–Crippen LogP) is 2.55. The van der Waals surface area contributed by atoms with Crippen LogP contribution in [0.4, 0.5) is 0 Å². The minimum absolute atomic E-state index is 0.0333. The molecule has 2 nitrogen and oxygen atoms in total. The first-order valence-electron chi connectivity index (χ1n) is 6.67. The lowest BCUT2D eigenvalue weighted by molar-refractivity contribution is 0.0392. The Morgan fingerprint density at radius 1 is 1.20 bits per heavy atom. The number of aliphatic hydroxyl groups is 1. The quantitative estimate of drug-likeness (QED) is 0.759. The van der Waals surface area contributed by atoms with Crippen LogP contribution in [0.5, 0.6) is 0 Å². The second-order valence-corrected chi connectivity index (χ2v) is 5.41. The Labute approximate surface area is 93.7 Å². The molecule has 2 rings (SSSR count). The summed E-state index contributed by atoms with van der Waals surface area (Å²) in [4.78, 5) is 2.71. The monoisotopic (exact) mass is 211 g/mol. The van der Waals surface area contributed by atoms with E-state index in [0.717, 1.165) is 24.9 Å². The average Bonchev–Trinajstić information content (AvgIpc) is 2.59. The summed E-state index contributed by atoms with van der Waals surface area (Å²) in [5.41, 5.74) is 0. The van der Waals surface area contributed by atoms with Crippen LogP contribution in [0.2, 0.25) is 0 Å². The van der Waals surface area contributed by atoms with Crippen LogP contribution in [-0.2, 0) is 0 Å². The highest BCUT2D eigenvalue weighted by molar-refractivity contribution is 4.91. The third-order valence-corrected chi connectivity index (χ3v) is 4.36. The van der Waals surface area contributed by atoms with Gasteiger partial charge in [-0.2, -0.15) is 0 Å². The fourth-order valence-electron chi connectivity index (χ4n) is 3.57. The summed E-state index contributed by atoms with van der Waals surface area (Å²) in [6, 6.07) is 2.19. The van der Waals surface area contributed by atoms with E-state index in [4.69, 9.17) is 0 Å². The van der Waals surface area contributed by atoms with Gasteiger partial charge in [-0.3, -0.25) is 4.90 Å². The molecule has 1 saturated heterocycles. The molecule has 0 radical (unpaired) electrons. The molecule has 1 aliphatic heterocycles. The van der Waals surface area contributed by atoms with Gasteiger partial charge in [0.15, 0.2) is 0 Å². The molecule has 1 N–H and O–H groups in total. The summed E-state index contributed by atoms with van der Waals surface area (Å²) in [5, 5.41) is 9.76. The molecule has 2 fully saturated rings. The smallest absolute Gasteiger partial charge is 0.0555 e. The van der Waals surface area contributed by atoms with Crippen LogP contribution in [-0.4, -0.2) is 34.2 Å². The molecule has 15 heavy (non-hydrogen) atoms. The van der Waals surface area contributed by atoms with E-state index in [1.54, 1.807) is 0 Å². The van der Waals surface area contributed by atoms with Gasteiger partial charge in [0.2, 0.25) is 0 Å². The van der Waals surface area contributed by atoms with Crippen molar-refractivity contribution in [2.45, 2.75) is 83.0 Å². The van der Waals surface area contributed by atoms with Crippen molar-refractivity contribution in [3.05, 3.63) is 0 Å². The van der Waals surface area contributed by atoms with Crippen molar-refractivity contribution >= 4 is 0 Å². The fourth-order valence-corrected chi connectivity index (χ4v) is 3.57. The van der Waals surface area contributed by atoms with E-state index in [0.29, 0.717) is 6.04 Å². The maximum atomic E-state index is 9.76. The largest absolute Gasteiger partial charge is 0.393 e. The SMILES string of the molecule is CCC1CCC(C)N1C1CCCC(O)C1. The van der Waals surface area contributed by atoms with Crippen molar-refractivity contribution in [3.8, 4) is 0 Å². The van der Waals surface area contributed by atoms with Crippen molar-refractivity contribution in [1.82, 2.24) is 4.90 Å². The molecule has 4 atom stereocenters. The third kappa shape index (κ3) is 2.36. The zero-order valence-corrected chi connectivity index (χ0v) is 10.2. The molecule has 0 spiro atoms. The molecule has 1 aliphatic carbocycles. The summed E-state index contributed by atoms with van der Waals surface area (Å²) < 4.78 is 0. The van der Waals surface area contributed by atoms with Gasteiger partial charge in [0.25, 0.3) is 0 Å². The van der Waals surface area contributed by atoms with E-state index in [-0.39, 0.29) is 6.10 Å². The number of nitrogens with zero attached hydrogens (tertiary/aromatic N) is 1. The first kappa shape index (κ1) is 11.4. The summed E-state index contributed by atoms with van der Waals surface area (Å²) in [5.74, 6) is 0. The van der Waals surface area contributed by atoms with Crippen LogP contribution in [0.15, 0.2) is 0 Å². The summed E-state index contributed by atoms with van der Waals surface area (Å²) in [7, 11) is 0. The van der Waals surface area contributed by atoms with Crippen molar-refractivity contribution in [2.24, 2.45) is 0 Å². The van der Waals surface area contributed by atoms with Gasteiger partial charge >= 0.3 is 0 Å². The number of rotatable bonds is 2. The lowest BCUT2D eigenvalue weighted by atomic mass is 9.91. The topological polar surface area (TPSA) is 23.5 Å². The Balaban J connectivity index is 2.00. The zero-order chi connectivity index (χ0) is 10.8. The second kappa shape index (κ2) is 4.84. The summed E-state index contributed by atoms with van der Waals surface area (Å²) in [6.45, 7) is 4.66. The summed E-state index contributed by atoms with van der Waals surface area (Å²) >= 11 is 0. The molecule has 88 valence electrons. The van der Waals surface area contributed by atoms with Gasteiger partial charge in [0.05, 0.1) is 6.10 Å². The van der Waals surface area contributed by atoms with Crippen LogP contribution < -0.4 is 0 Å². The highest BCUT2D eigenvalue weighted by Gasteiger charge is 2.36. The Morgan fingerprint density at radius 2 is 2.00 bits per heavy atom. The lowest BCUT2D eigenvalue weighted by Gasteiger charge is -2.39. The standard InChI is InChI=1S/C13H25NO/c1-3-11-8-7-10(2)14(11)12-5-4-6-13(15)9-12/h10-13,15H,3-9H2,1-2H3. The first-order valence-corrected chi connectivity index (χ1v) is 6.67. The lowest BCUT2D eigenvalue weighted by Crippen LogP contribution is -2.46. The Bertz CT molecular complexity index is 207. The van der Waals surface area contributed by atoms with E-state index in [2.05, 4.69) is 18.7 Å². The Morgan fingerprint density at radius 3 is 2.67 bits per heavy atom. The van der Waals surface area contributed by atoms with Gasteiger partial charge in [-0.15, -0.1) is 0 Å². The van der Waals surface area contributed by atoms with Crippen LogP contribution in [0.25, 0.3) is 0 Å². The molecular weight excluding hydrogens is 186 g/mol. The Kier molecular flexibility index (Phi) is 3.68. The van der Waals surface area contributed by atoms with Crippen LogP contribution in [0.1, 0.15) is 58.8 Å². The minimum atomic E-state index is -0.0333. The molecule has 0 amide bonds. The Hall–Kier alpha value is -0.0800. The van der Waals surface area contributed by atoms with Crippen LogP contribution >= 0.6 is 0 Å². The van der Waals surface area contributed by atoms with E-state index in [1.165, 1.54) is 32.1 Å². The fraction of sp³-hybridized carbons (Fsp3) is 1.00. The molecule has 0 aromatic heterocycles. The van der Waals surface area contributed by atoms with Gasteiger partial charge in [-0.05, 0) is 51.9 Å². The highest BCUT2D eigenvalue weighted by Crippen LogP contribution is 2.34. The molecule has 0 aromatic carbocycles. The van der Waals surface area contributed by atoms with E-state index in [9.17, 15) is 5.11 Å². The van der Waals surface area contributed by atoms with E-state index >= 15 is 0 Å². The molecule has 1 heterocycles. The molecule has 2 aliphatic rings. The van der Waals surface area contributed by atoms with Gasteiger partial charge < -0.3 is 5.11 Å². The van der Waals surface area contributed by atoms with Gasteiger partial charge in [0, 0.05) is 18.1 Å². The van der Waals surface area contributed by atoms with Crippen LogP contribution in [0, 0.1) is 0 Å². The third-order valence-electron chi connectivity index (χ3n) is 4.36. The minimum Gasteiger partial charge on any atom is -0.393 e.